The maximum absolute atomic E-state index is 12.5. The number of carbonyl (C=O) groups is 4. The Morgan fingerprint density at radius 1 is 1.12 bits per heavy atom. The van der Waals surface area contributed by atoms with Crippen LogP contribution in [-0.2, 0) is 9.53 Å². The van der Waals surface area contributed by atoms with Gasteiger partial charge >= 0.3 is 12.0 Å². The van der Waals surface area contributed by atoms with Crippen molar-refractivity contribution < 1.29 is 23.9 Å². The number of hydrogen-bond donors (Lipinski definition) is 2. The second-order valence-corrected chi connectivity index (χ2v) is 6.49. The Morgan fingerprint density at radius 2 is 1.76 bits per heavy atom. The van der Waals surface area contributed by atoms with E-state index in [0.29, 0.717) is 11.3 Å². The first-order valence-electron chi connectivity index (χ1n) is 7.88. The number of rotatable bonds is 4. The molecule has 1 aromatic rings. The molecule has 0 bridgehead atoms. The molecule has 4 amide bonds. The summed E-state index contributed by atoms with van der Waals surface area (Å²) in [5.41, 5.74) is 0.246. The number of fused-ring (bicyclic) bond motifs is 1. The lowest BCUT2D eigenvalue weighted by atomic mass is 10.1. The van der Waals surface area contributed by atoms with Gasteiger partial charge in [0.25, 0.3) is 11.8 Å². The van der Waals surface area contributed by atoms with Crippen LogP contribution in [0.25, 0.3) is 0 Å². The fraction of sp³-hybridized carbons (Fsp3) is 0.412. The molecule has 0 spiro atoms. The third kappa shape index (κ3) is 3.96. The number of hydrogen-bond acceptors (Lipinski definition) is 5. The lowest BCUT2D eigenvalue weighted by Gasteiger charge is -2.29. The fourth-order valence-corrected chi connectivity index (χ4v) is 2.47. The Hall–Kier alpha value is -2.90. The first-order valence-corrected chi connectivity index (χ1v) is 7.88. The average Bonchev–Trinajstić information content (AvgIpc) is 2.76. The predicted molar refractivity (Wildman–Crippen MR) is 90.3 cm³/mol. The average molecular weight is 347 g/mol. The Balaban J connectivity index is 2.09. The molecule has 25 heavy (non-hydrogen) atoms. The summed E-state index contributed by atoms with van der Waals surface area (Å²) in [6.45, 7) is 6.96. The lowest BCUT2D eigenvalue weighted by Crippen LogP contribution is -2.45. The van der Waals surface area contributed by atoms with E-state index in [1.807, 2.05) is 0 Å². The molecule has 8 heteroatoms. The molecule has 0 saturated carbocycles. The normalized spacial score (nSPS) is 13.5. The largest absolute Gasteiger partial charge is 0.465 e. The highest BCUT2D eigenvalue weighted by Crippen LogP contribution is 2.30. The zero-order chi connectivity index (χ0) is 18.8. The van der Waals surface area contributed by atoms with Crippen LogP contribution in [-0.4, -0.2) is 47.4 Å². The van der Waals surface area contributed by atoms with E-state index in [9.17, 15) is 19.2 Å². The van der Waals surface area contributed by atoms with E-state index < -0.39 is 23.4 Å². The van der Waals surface area contributed by atoms with Crippen LogP contribution < -0.4 is 10.6 Å². The molecular formula is C17H21N3O5. The van der Waals surface area contributed by atoms with Crippen molar-refractivity contribution >= 4 is 29.5 Å². The summed E-state index contributed by atoms with van der Waals surface area (Å²) >= 11 is 0. The van der Waals surface area contributed by atoms with Crippen LogP contribution in [0.15, 0.2) is 18.2 Å². The van der Waals surface area contributed by atoms with Gasteiger partial charge < -0.3 is 15.4 Å². The van der Waals surface area contributed by atoms with Crippen molar-refractivity contribution in [2.45, 2.75) is 33.2 Å². The molecular weight excluding hydrogens is 326 g/mol. The molecule has 0 unspecified atom stereocenters. The molecule has 134 valence electrons. The van der Waals surface area contributed by atoms with Crippen molar-refractivity contribution in [2.24, 2.45) is 0 Å². The quantitative estimate of drug-likeness (QED) is 0.638. The monoisotopic (exact) mass is 347 g/mol. The standard InChI is InChI=1S/C17H21N3O5/c1-5-25-13(21)9-18-16(24)19-10-6-7-11-12(8-10)15(23)20(14(11)22)17(2,3)4/h6-8H,5,9H2,1-4H3,(H2,18,19,24). The summed E-state index contributed by atoms with van der Waals surface area (Å²) in [5.74, 6) is -1.30. The minimum atomic E-state index is -0.641. The number of urea groups is 1. The number of carbonyl (C=O) groups excluding carboxylic acids is 4. The molecule has 0 fully saturated rings. The van der Waals surface area contributed by atoms with Gasteiger partial charge in [-0.3, -0.25) is 19.3 Å². The van der Waals surface area contributed by atoms with Crippen LogP contribution in [0.2, 0.25) is 0 Å². The smallest absolute Gasteiger partial charge is 0.325 e. The summed E-state index contributed by atoms with van der Waals surface area (Å²) in [6.07, 6.45) is 0. The van der Waals surface area contributed by atoms with Crippen molar-refractivity contribution in [3.05, 3.63) is 29.3 Å². The van der Waals surface area contributed by atoms with Gasteiger partial charge in [-0.15, -0.1) is 0 Å². The zero-order valence-electron chi connectivity index (χ0n) is 14.6. The number of benzene rings is 1. The van der Waals surface area contributed by atoms with Crippen molar-refractivity contribution in [1.29, 1.82) is 0 Å². The van der Waals surface area contributed by atoms with E-state index in [0.717, 1.165) is 0 Å². The number of nitrogens with zero attached hydrogens (tertiary/aromatic N) is 1. The SMILES string of the molecule is CCOC(=O)CNC(=O)Nc1ccc2c(c1)C(=O)N(C(C)(C)C)C2=O. The molecule has 0 aliphatic carbocycles. The van der Waals surface area contributed by atoms with Crippen LogP contribution in [0.5, 0.6) is 0 Å². The minimum absolute atomic E-state index is 0.230. The van der Waals surface area contributed by atoms with Gasteiger partial charge in [-0.05, 0) is 45.9 Å². The van der Waals surface area contributed by atoms with Gasteiger partial charge in [0.15, 0.2) is 0 Å². The third-order valence-electron chi connectivity index (χ3n) is 3.51. The van der Waals surface area contributed by atoms with Gasteiger partial charge in [0.05, 0.1) is 17.7 Å². The van der Waals surface area contributed by atoms with Crippen molar-refractivity contribution in [3.63, 3.8) is 0 Å². The van der Waals surface area contributed by atoms with Crippen LogP contribution in [0.3, 0.4) is 0 Å². The molecule has 1 heterocycles. The molecule has 0 atom stereocenters. The molecule has 2 rings (SSSR count). The van der Waals surface area contributed by atoms with E-state index in [1.165, 1.54) is 23.1 Å². The predicted octanol–water partition coefficient (Wildman–Crippen LogP) is 1.77. The van der Waals surface area contributed by atoms with Crippen LogP contribution >= 0.6 is 0 Å². The second kappa shape index (κ2) is 6.92. The molecule has 0 saturated heterocycles. The molecule has 1 aliphatic rings. The number of esters is 1. The first kappa shape index (κ1) is 18.4. The lowest BCUT2D eigenvalue weighted by molar-refractivity contribution is -0.141. The van der Waals surface area contributed by atoms with Crippen LogP contribution in [0, 0.1) is 0 Å². The molecule has 2 N–H and O–H groups in total. The van der Waals surface area contributed by atoms with E-state index >= 15 is 0 Å². The number of amides is 4. The first-order chi connectivity index (χ1) is 11.6. The molecule has 8 nitrogen and oxygen atoms in total. The molecule has 0 radical (unpaired) electrons. The van der Waals surface area contributed by atoms with Gasteiger partial charge in [-0.25, -0.2) is 4.79 Å². The van der Waals surface area contributed by atoms with Gasteiger partial charge in [-0.2, -0.15) is 0 Å². The highest BCUT2D eigenvalue weighted by molar-refractivity contribution is 6.22. The number of nitrogens with one attached hydrogen (secondary N) is 2. The van der Waals surface area contributed by atoms with Crippen LogP contribution in [0.4, 0.5) is 10.5 Å². The number of ether oxygens (including phenoxy) is 1. The topological polar surface area (TPSA) is 105 Å². The van der Waals surface area contributed by atoms with E-state index in [-0.39, 0.29) is 24.6 Å². The number of imide groups is 1. The zero-order valence-corrected chi connectivity index (χ0v) is 14.6. The molecule has 1 aliphatic heterocycles. The molecule has 0 aromatic heterocycles. The maximum Gasteiger partial charge on any atom is 0.325 e. The summed E-state index contributed by atoms with van der Waals surface area (Å²) in [6, 6.07) is 3.87. The summed E-state index contributed by atoms with van der Waals surface area (Å²) < 4.78 is 4.70. The van der Waals surface area contributed by atoms with E-state index in [4.69, 9.17) is 4.74 Å². The highest BCUT2D eigenvalue weighted by atomic mass is 16.5. The van der Waals surface area contributed by atoms with Gasteiger partial charge in [0, 0.05) is 11.2 Å². The van der Waals surface area contributed by atoms with Crippen molar-refractivity contribution in [2.75, 3.05) is 18.5 Å². The Morgan fingerprint density at radius 3 is 2.36 bits per heavy atom. The Bertz CT molecular complexity index is 736. The van der Waals surface area contributed by atoms with Gasteiger partial charge in [0.1, 0.15) is 6.54 Å². The van der Waals surface area contributed by atoms with E-state index in [2.05, 4.69) is 10.6 Å². The van der Waals surface area contributed by atoms with Crippen molar-refractivity contribution in [3.8, 4) is 0 Å². The fourth-order valence-electron chi connectivity index (χ4n) is 2.47. The van der Waals surface area contributed by atoms with Crippen LogP contribution in [0.1, 0.15) is 48.4 Å². The highest BCUT2D eigenvalue weighted by Gasteiger charge is 2.41. The Kier molecular flexibility index (Phi) is 5.10. The van der Waals surface area contributed by atoms with Crippen molar-refractivity contribution in [1.82, 2.24) is 10.2 Å². The number of anilines is 1. The van der Waals surface area contributed by atoms with Gasteiger partial charge in [0.2, 0.25) is 0 Å². The second-order valence-electron chi connectivity index (χ2n) is 6.49. The molecule has 1 aromatic carbocycles. The summed E-state index contributed by atoms with van der Waals surface area (Å²) in [7, 11) is 0. The minimum Gasteiger partial charge on any atom is -0.465 e. The Labute approximate surface area is 145 Å². The van der Waals surface area contributed by atoms with Gasteiger partial charge in [-0.1, -0.05) is 0 Å². The maximum atomic E-state index is 12.5. The third-order valence-corrected chi connectivity index (χ3v) is 3.51. The summed E-state index contributed by atoms with van der Waals surface area (Å²) in [5, 5.41) is 4.87. The van der Waals surface area contributed by atoms with E-state index in [1.54, 1.807) is 27.7 Å². The summed E-state index contributed by atoms with van der Waals surface area (Å²) in [4.78, 5) is 49.1.